The van der Waals surface area contributed by atoms with Crippen LogP contribution in [0.2, 0.25) is 5.02 Å². The molecule has 0 unspecified atom stereocenters. The topological polar surface area (TPSA) is 87.8 Å². The Morgan fingerprint density at radius 2 is 2.20 bits per heavy atom. The van der Waals surface area contributed by atoms with E-state index in [1.807, 2.05) is 7.05 Å². The van der Waals surface area contributed by atoms with Gasteiger partial charge in [-0.15, -0.1) is 0 Å². The molecule has 0 amide bonds. The van der Waals surface area contributed by atoms with Crippen LogP contribution in [0.5, 0.6) is 0 Å². The maximum absolute atomic E-state index is 11.2. The summed E-state index contributed by atoms with van der Waals surface area (Å²) in [5, 5.41) is 12.5. The van der Waals surface area contributed by atoms with E-state index in [2.05, 4.69) is 10.2 Å². The van der Waals surface area contributed by atoms with E-state index in [0.717, 1.165) is 13.1 Å². The van der Waals surface area contributed by atoms with Crippen LogP contribution in [-0.4, -0.2) is 56.4 Å². The molecule has 0 bridgehead atoms. The second kappa shape index (κ2) is 7.94. The number of nitrogens with two attached hydrogens (primary N) is 1. The number of aromatic carboxylic acids is 1. The average molecular weight is 302 g/mol. The molecule has 0 aromatic heterocycles. The summed E-state index contributed by atoms with van der Waals surface area (Å²) >= 11 is 6.04. The number of benzene rings is 1. The quantitative estimate of drug-likeness (QED) is 0.632. The Morgan fingerprint density at radius 1 is 1.50 bits per heavy atom. The van der Waals surface area contributed by atoms with Crippen LogP contribution in [0.3, 0.4) is 0 Å². The summed E-state index contributed by atoms with van der Waals surface area (Å²) in [6.45, 7) is 2.77. The normalized spacial score (nSPS) is 10.8. The lowest BCUT2D eigenvalue weighted by atomic mass is 10.1. The van der Waals surface area contributed by atoms with E-state index in [1.54, 1.807) is 7.11 Å². The fraction of sp³-hybridized carbons (Fsp3) is 0.462. The Hall–Kier alpha value is -1.50. The molecule has 4 N–H and O–H groups in total. The highest BCUT2D eigenvalue weighted by molar-refractivity contribution is 6.34. The van der Waals surface area contributed by atoms with Gasteiger partial charge in [-0.1, -0.05) is 11.6 Å². The molecule has 0 heterocycles. The summed E-state index contributed by atoms with van der Waals surface area (Å²) in [6, 6.07) is 2.93. The van der Waals surface area contributed by atoms with Crippen molar-refractivity contribution in [1.82, 2.24) is 4.90 Å². The standard InChI is InChI=1S/C13H20ClN3O3/c1-17(5-6-20-2)4-3-16-12-10(13(18)19)7-9(15)8-11(12)14/h7-8,16H,3-6,15H2,1-2H3,(H,18,19). The molecule has 0 aliphatic carbocycles. The Bertz CT molecular complexity index is 468. The zero-order valence-electron chi connectivity index (χ0n) is 11.6. The van der Waals surface area contributed by atoms with Gasteiger partial charge in [-0.05, 0) is 19.2 Å². The number of carboxylic acid groups (broad SMARTS) is 1. The van der Waals surface area contributed by atoms with E-state index in [-0.39, 0.29) is 5.56 Å². The van der Waals surface area contributed by atoms with Crippen molar-refractivity contribution in [3.8, 4) is 0 Å². The molecular weight excluding hydrogens is 282 g/mol. The van der Waals surface area contributed by atoms with Gasteiger partial charge >= 0.3 is 5.97 Å². The first-order chi connectivity index (χ1) is 9.45. The lowest BCUT2D eigenvalue weighted by Gasteiger charge is -2.18. The monoisotopic (exact) mass is 301 g/mol. The summed E-state index contributed by atoms with van der Waals surface area (Å²) in [4.78, 5) is 13.3. The largest absolute Gasteiger partial charge is 0.478 e. The summed E-state index contributed by atoms with van der Waals surface area (Å²) in [5.41, 5.74) is 6.40. The van der Waals surface area contributed by atoms with E-state index < -0.39 is 5.97 Å². The molecule has 0 spiro atoms. The van der Waals surface area contributed by atoms with Gasteiger partial charge in [-0.25, -0.2) is 4.79 Å². The minimum Gasteiger partial charge on any atom is -0.478 e. The van der Waals surface area contributed by atoms with Crippen LogP contribution in [0, 0.1) is 0 Å². The summed E-state index contributed by atoms with van der Waals surface area (Å²) in [5.74, 6) is -1.06. The van der Waals surface area contributed by atoms with Crippen molar-refractivity contribution >= 4 is 28.9 Å². The maximum atomic E-state index is 11.2. The molecule has 1 aromatic rings. The van der Waals surface area contributed by atoms with Crippen molar-refractivity contribution < 1.29 is 14.6 Å². The molecule has 6 nitrogen and oxygen atoms in total. The molecule has 0 atom stereocenters. The van der Waals surface area contributed by atoms with Crippen LogP contribution in [-0.2, 0) is 4.74 Å². The van der Waals surface area contributed by atoms with Gasteiger partial charge in [-0.2, -0.15) is 0 Å². The van der Waals surface area contributed by atoms with Gasteiger partial charge in [0.25, 0.3) is 0 Å². The van der Waals surface area contributed by atoms with Gasteiger partial charge < -0.3 is 25.8 Å². The van der Waals surface area contributed by atoms with Crippen LogP contribution < -0.4 is 11.1 Å². The van der Waals surface area contributed by atoms with Crippen molar-refractivity contribution in [3.05, 3.63) is 22.7 Å². The van der Waals surface area contributed by atoms with Crippen molar-refractivity contribution in [2.45, 2.75) is 0 Å². The number of nitrogen functional groups attached to an aromatic ring is 1. The lowest BCUT2D eigenvalue weighted by molar-refractivity contribution is 0.0698. The molecule has 7 heteroatoms. The zero-order valence-corrected chi connectivity index (χ0v) is 12.4. The van der Waals surface area contributed by atoms with E-state index >= 15 is 0 Å². The summed E-state index contributed by atoms with van der Waals surface area (Å²) in [6.07, 6.45) is 0. The molecule has 0 saturated carbocycles. The molecule has 0 saturated heterocycles. The number of ether oxygens (including phenoxy) is 1. The first kappa shape index (κ1) is 16.6. The van der Waals surface area contributed by atoms with Crippen molar-refractivity contribution in [1.29, 1.82) is 0 Å². The number of hydrogen-bond donors (Lipinski definition) is 3. The fourth-order valence-corrected chi connectivity index (χ4v) is 2.00. The molecule has 112 valence electrons. The molecule has 1 aromatic carbocycles. The van der Waals surface area contributed by atoms with Gasteiger partial charge in [-0.3, -0.25) is 0 Å². The van der Waals surface area contributed by atoms with Crippen LogP contribution in [0.4, 0.5) is 11.4 Å². The minimum atomic E-state index is -1.06. The van der Waals surface area contributed by atoms with Crippen LogP contribution in [0.15, 0.2) is 12.1 Å². The molecule has 0 aliphatic heterocycles. The smallest absolute Gasteiger partial charge is 0.337 e. The average Bonchev–Trinajstić information content (AvgIpc) is 2.38. The Labute approximate surface area is 123 Å². The predicted octanol–water partition coefficient (Wildman–Crippen LogP) is 1.61. The molecule has 0 fully saturated rings. The number of methoxy groups -OCH3 is 1. The molecular formula is C13H20ClN3O3. The predicted molar refractivity (Wildman–Crippen MR) is 80.7 cm³/mol. The molecule has 20 heavy (non-hydrogen) atoms. The second-order valence-corrected chi connectivity index (χ2v) is 4.86. The number of anilines is 2. The first-order valence-electron chi connectivity index (χ1n) is 6.19. The third-order valence-corrected chi connectivity index (χ3v) is 3.11. The maximum Gasteiger partial charge on any atom is 0.337 e. The Morgan fingerprint density at radius 3 is 2.80 bits per heavy atom. The summed E-state index contributed by atoms with van der Waals surface area (Å²) in [7, 11) is 3.61. The van der Waals surface area contributed by atoms with E-state index in [4.69, 9.17) is 27.2 Å². The van der Waals surface area contributed by atoms with Crippen LogP contribution in [0.25, 0.3) is 0 Å². The molecule has 0 aliphatic rings. The number of halogens is 1. The van der Waals surface area contributed by atoms with Crippen molar-refractivity contribution in [3.63, 3.8) is 0 Å². The first-order valence-corrected chi connectivity index (χ1v) is 6.57. The van der Waals surface area contributed by atoms with Gasteiger partial charge in [0, 0.05) is 32.4 Å². The highest BCUT2D eigenvalue weighted by Gasteiger charge is 2.14. The van der Waals surface area contributed by atoms with Crippen molar-refractivity contribution in [2.75, 3.05) is 51.4 Å². The SMILES string of the molecule is COCCN(C)CCNc1c(Cl)cc(N)cc1C(=O)O. The van der Waals surface area contributed by atoms with Crippen LogP contribution >= 0.6 is 11.6 Å². The van der Waals surface area contributed by atoms with Gasteiger partial charge in [0.1, 0.15) is 0 Å². The second-order valence-electron chi connectivity index (χ2n) is 4.45. The van der Waals surface area contributed by atoms with E-state index in [0.29, 0.717) is 29.5 Å². The van der Waals surface area contributed by atoms with Crippen molar-refractivity contribution in [2.24, 2.45) is 0 Å². The number of nitrogens with one attached hydrogen (secondary N) is 1. The third kappa shape index (κ3) is 4.88. The van der Waals surface area contributed by atoms with E-state index in [9.17, 15) is 4.79 Å². The zero-order chi connectivity index (χ0) is 15.1. The number of carboxylic acids is 1. The lowest BCUT2D eigenvalue weighted by Crippen LogP contribution is -2.28. The number of nitrogens with zero attached hydrogens (tertiary/aromatic N) is 1. The van der Waals surface area contributed by atoms with Gasteiger partial charge in [0.05, 0.1) is 22.9 Å². The number of rotatable bonds is 8. The highest BCUT2D eigenvalue weighted by Crippen LogP contribution is 2.29. The van der Waals surface area contributed by atoms with E-state index in [1.165, 1.54) is 12.1 Å². The number of likely N-dealkylation sites (N-methyl/N-ethyl adjacent to an activating group) is 1. The van der Waals surface area contributed by atoms with Gasteiger partial charge in [0.2, 0.25) is 0 Å². The third-order valence-electron chi connectivity index (χ3n) is 2.82. The number of hydrogen-bond acceptors (Lipinski definition) is 5. The van der Waals surface area contributed by atoms with Gasteiger partial charge in [0.15, 0.2) is 0 Å². The Balaban J connectivity index is 2.66. The fourth-order valence-electron chi connectivity index (χ4n) is 1.71. The molecule has 0 radical (unpaired) electrons. The molecule has 1 rings (SSSR count). The highest BCUT2D eigenvalue weighted by atomic mass is 35.5. The summed E-state index contributed by atoms with van der Waals surface area (Å²) < 4.78 is 4.99. The minimum absolute atomic E-state index is 0.0783. The van der Waals surface area contributed by atoms with Crippen LogP contribution in [0.1, 0.15) is 10.4 Å². The number of carbonyl (C=O) groups is 1. The Kier molecular flexibility index (Phi) is 6.57.